The molecule has 10 heteroatoms. The maximum Gasteiger partial charge on any atom is 0.323 e. The first-order valence-corrected chi connectivity index (χ1v) is 10.6. The zero-order valence-electron chi connectivity index (χ0n) is 15.9. The van der Waals surface area contributed by atoms with Gasteiger partial charge in [0.05, 0.1) is 9.82 Å². The van der Waals surface area contributed by atoms with Crippen molar-refractivity contribution in [3.8, 4) is 0 Å². The molecular formula is C19H22N4O5S. The largest absolute Gasteiger partial charge is 0.323 e. The molecule has 0 aliphatic carbocycles. The number of carbonyl (C=O) groups excluding carboxylic acids is 1. The highest BCUT2D eigenvalue weighted by molar-refractivity contribution is 7.89. The number of carbonyl (C=O) groups is 1. The van der Waals surface area contributed by atoms with Crippen molar-refractivity contribution in [2.24, 2.45) is 0 Å². The molecule has 29 heavy (non-hydrogen) atoms. The van der Waals surface area contributed by atoms with Gasteiger partial charge in [-0.1, -0.05) is 12.5 Å². The van der Waals surface area contributed by atoms with Crippen LogP contribution in [0.4, 0.5) is 21.9 Å². The highest BCUT2D eigenvalue weighted by atomic mass is 32.2. The Labute approximate surface area is 168 Å². The van der Waals surface area contributed by atoms with Crippen molar-refractivity contribution in [3.05, 3.63) is 58.1 Å². The van der Waals surface area contributed by atoms with Crippen LogP contribution < -0.4 is 10.6 Å². The van der Waals surface area contributed by atoms with Gasteiger partial charge in [0.1, 0.15) is 0 Å². The van der Waals surface area contributed by atoms with Gasteiger partial charge in [-0.05, 0) is 49.6 Å². The summed E-state index contributed by atoms with van der Waals surface area (Å²) in [5.74, 6) is 0. The second-order valence-electron chi connectivity index (χ2n) is 6.83. The smallest absolute Gasteiger partial charge is 0.308 e. The van der Waals surface area contributed by atoms with E-state index in [0.717, 1.165) is 19.3 Å². The third-order valence-corrected chi connectivity index (χ3v) is 6.76. The van der Waals surface area contributed by atoms with Crippen molar-refractivity contribution >= 4 is 33.1 Å². The Kier molecular flexibility index (Phi) is 6.14. The summed E-state index contributed by atoms with van der Waals surface area (Å²) in [6, 6.07) is 9.55. The molecule has 2 N–H and O–H groups in total. The van der Waals surface area contributed by atoms with E-state index in [1.807, 2.05) is 0 Å². The van der Waals surface area contributed by atoms with Crippen molar-refractivity contribution in [2.75, 3.05) is 23.7 Å². The second-order valence-corrected chi connectivity index (χ2v) is 8.73. The lowest BCUT2D eigenvalue weighted by Crippen LogP contribution is -2.36. The van der Waals surface area contributed by atoms with Gasteiger partial charge in [0.2, 0.25) is 10.0 Å². The number of hydrogen-bond donors (Lipinski definition) is 2. The molecule has 3 rings (SSSR count). The average Bonchev–Trinajstić information content (AvgIpc) is 2.70. The minimum absolute atomic E-state index is 0.0814. The molecule has 1 fully saturated rings. The number of anilines is 2. The number of benzene rings is 2. The highest BCUT2D eigenvalue weighted by Crippen LogP contribution is 2.26. The fourth-order valence-corrected chi connectivity index (χ4v) is 4.93. The fraction of sp³-hybridized carbons (Fsp3) is 0.316. The lowest BCUT2D eigenvalue weighted by molar-refractivity contribution is -0.384. The topological polar surface area (TPSA) is 122 Å². The van der Waals surface area contributed by atoms with E-state index in [1.165, 1.54) is 34.6 Å². The molecule has 0 spiro atoms. The van der Waals surface area contributed by atoms with Crippen LogP contribution in [0, 0.1) is 17.0 Å². The molecule has 0 atom stereocenters. The van der Waals surface area contributed by atoms with Gasteiger partial charge >= 0.3 is 6.03 Å². The van der Waals surface area contributed by atoms with Crippen molar-refractivity contribution in [1.29, 1.82) is 0 Å². The number of sulfonamides is 1. The second kappa shape index (κ2) is 8.58. The first kappa shape index (κ1) is 20.7. The third kappa shape index (κ3) is 4.90. The number of amides is 2. The minimum atomic E-state index is -3.63. The van der Waals surface area contributed by atoms with Gasteiger partial charge in [0.15, 0.2) is 0 Å². The molecule has 1 saturated heterocycles. The summed E-state index contributed by atoms with van der Waals surface area (Å²) in [6.07, 6.45) is 2.71. The van der Waals surface area contributed by atoms with Crippen molar-refractivity contribution in [1.82, 2.24) is 4.31 Å². The fourth-order valence-electron chi connectivity index (χ4n) is 3.16. The zero-order valence-corrected chi connectivity index (χ0v) is 16.7. The molecule has 1 aliphatic rings. The summed E-state index contributed by atoms with van der Waals surface area (Å²) in [6.45, 7) is 2.72. The molecule has 2 aromatic rings. The Bertz CT molecular complexity index is 1020. The monoisotopic (exact) mass is 418 g/mol. The highest BCUT2D eigenvalue weighted by Gasteiger charge is 2.27. The molecule has 1 heterocycles. The number of nitrogens with zero attached hydrogens (tertiary/aromatic N) is 2. The van der Waals surface area contributed by atoms with E-state index in [0.29, 0.717) is 30.0 Å². The van der Waals surface area contributed by atoms with Crippen LogP contribution in [0.25, 0.3) is 0 Å². The Hall–Kier alpha value is -2.98. The summed E-state index contributed by atoms with van der Waals surface area (Å²) >= 11 is 0. The molecule has 1 aliphatic heterocycles. The summed E-state index contributed by atoms with van der Waals surface area (Å²) in [5, 5.41) is 15.8. The van der Waals surface area contributed by atoms with Gasteiger partial charge in [-0.15, -0.1) is 0 Å². The summed E-state index contributed by atoms with van der Waals surface area (Å²) in [4.78, 5) is 22.6. The van der Waals surface area contributed by atoms with E-state index in [9.17, 15) is 23.3 Å². The van der Waals surface area contributed by atoms with Crippen LogP contribution in [0.2, 0.25) is 0 Å². The number of nitrogens with one attached hydrogen (secondary N) is 2. The van der Waals surface area contributed by atoms with Crippen LogP contribution in [-0.4, -0.2) is 36.8 Å². The molecule has 2 aromatic carbocycles. The zero-order chi connectivity index (χ0) is 21.0. The number of nitro benzene ring substituents is 1. The number of non-ortho nitro benzene ring substituents is 1. The van der Waals surface area contributed by atoms with E-state index >= 15 is 0 Å². The van der Waals surface area contributed by atoms with Crippen LogP contribution in [0.15, 0.2) is 47.4 Å². The van der Waals surface area contributed by atoms with Crippen molar-refractivity contribution < 1.29 is 18.1 Å². The van der Waals surface area contributed by atoms with Gasteiger partial charge < -0.3 is 10.6 Å². The van der Waals surface area contributed by atoms with Gasteiger partial charge in [0, 0.05) is 36.6 Å². The molecule has 0 radical (unpaired) electrons. The van der Waals surface area contributed by atoms with Crippen molar-refractivity contribution in [3.63, 3.8) is 0 Å². The van der Waals surface area contributed by atoms with Gasteiger partial charge in [-0.25, -0.2) is 13.2 Å². The number of rotatable bonds is 5. The quantitative estimate of drug-likeness (QED) is 0.566. The molecule has 0 unspecified atom stereocenters. The summed E-state index contributed by atoms with van der Waals surface area (Å²) in [7, 11) is -3.63. The molecule has 154 valence electrons. The molecular weight excluding hydrogens is 396 g/mol. The Balaban J connectivity index is 1.73. The number of aryl methyl sites for hydroxylation is 1. The Morgan fingerprint density at radius 1 is 1.00 bits per heavy atom. The molecule has 0 aromatic heterocycles. The van der Waals surface area contributed by atoms with Crippen LogP contribution in [-0.2, 0) is 10.0 Å². The lowest BCUT2D eigenvalue weighted by Gasteiger charge is -2.26. The van der Waals surface area contributed by atoms with E-state index in [4.69, 9.17) is 0 Å². The SMILES string of the molecule is Cc1ccc(NC(=O)Nc2ccc([N+](=O)[O-])cc2)cc1S(=O)(=O)N1CCCCC1. The minimum Gasteiger partial charge on any atom is -0.308 e. The van der Waals surface area contributed by atoms with E-state index in [-0.39, 0.29) is 10.6 Å². The maximum absolute atomic E-state index is 13.0. The average molecular weight is 418 g/mol. The standard InChI is InChI=1S/C19H22N4O5S/c1-14-5-6-16(13-18(14)29(27,28)22-11-3-2-4-12-22)21-19(24)20-15-7-9-17(10-8-15)23(25)26/h5-10,13H,2-4,11-12H2,1H3,(H2,20,21,24). The molecule has 2 amide bonds. The van der Waals surface area contributed by atoms with Crippen LogP contribution in [0.5, 0.6) is 0 Å². The Morgan fingerprint density at radius 2 is 1.59 bits per heavy atom. The van der Waals surface area contributed by atoms with E-state index in [1.54, 1.807) is 19.1 Å². The normalized spacial score (nSPS) is 14.9. The van der Waals surface area contributed by atoms with Crippen LogP contribution in [0.1, 0.15) is 24.8 Å². The first-order chi connectivity index (χ1) is 13.8. The van der Waals surface area contributed by atoms with Gasteiger partial charge in [-0.2, -0.15) is 4.31 Å². The molecule has 0 bridgehead atoms. The van der Waals surface area contributed by atoms with Crippen LogP contribution in [0.3, 0.4) is 0 Å². The number of nitro groups is 1. The predicted octanol–water partition coefficient (Wildman–Crippen LogP) is 3.72. The van der Waals surface area contributed by atoms with Gasteiger partial charge in [-0.3, -0.25) is 10.1 Å². The third-order valence-electron chi connectivity index (χ3n) is 4.71. The number of hydrogen-bond acceptors (Lipinski definition) is 5. The first-order valence-electron chi connectivity index (χ1n) is 9.20. The van der Waals surface area contributed by atoms with Crippen molar-refractivity contribution in [2.45, 2.75) is 31.1 Å². The Morgan fingerprint density at radius 3 is 2.21 bits per heavy atom. The number of urea groups is 1. The predicted molar refractivity (Wildman–Crippen MR) is 110 cm³/mol. The summed E-state index contributed by atoms with van der Waals surface area (Å²) in [5.41, 5.74) is 1.24. The maximum atomic E-state index is 13.0. The number of piperidine rings is 1. The molecule has 0 saturated carbocycles. The van der Waals surface area contributed by atoms with E-state index in [2.05, 4.69) is 10.6 Å². The van der Waals surface area contributed by atoms with E-state index < -0.39 is 21.0 Å². The lowest BCUT2D eigenvalue weighted by atomic mass is 10.2. The van der Waals surface area contributed by atoms with Gasteiger partial charge in [0.25, 0.3) is 5.69 Å². The molecule has 9 nitrogen and oxygen atoms in total. The van der Waals surface area contributed by atoms with Crippen LogP contribution >= 0.6 is 0 Å². The summed E-state index contributed by atoms with van der Waals surface area (Å²) < 4.78 is 27.4.